The summed E-state index contributed by atoms with van der Waals surface area (Å²) in [5.74, 6) is 0.801. The van der Waals surface area contributed by atoms with Crippen molar-refractivity contribution in [1.82, 2.24) is 0 Å². The van der Waals surface area contributed by atoms with E-state index < -0.39 is 6.10 Å². The fourth-order valence-corrected chi connectivity index (χ4v) is 3.22. The van der Waals surface area contributed by atoms with Gasteiger partial charge in [-0.25, -0.2) is 0 Å². The first-order valence-electron chi connectivity index (χ1n) is 7.99. The molecule has 1 aliphatic heterocycles. The van der Waals surface area contributed by atoms with E-state index in [0.29, 0.717) is 0 Å². The number of hydrogen-bond acceptors (Lipinski definition) is 2. The van der Waals surface area contributed by atoms with Gasteiger partial charge in [-0.3, -0.25) is 4.79 Å². The molecule has 0 saturated heterocycles. The maximum Gasteiger partial charge on any atom is 0.272 e. The summed E-state index contributed by atoms with van der Waals surface area (Å²) < 4.78 is 5.99. The van der Waals surface area contributed by atoms with Crippen LogP contribution >= 0.6 is 15.9 Å². The number of alkyl halides is 1. The number of rotatable bonds is 6. The van der Waals surface area contributed by atoms with Crippen LogP contribution in [-0.4, -0.2) is 17.8 Å². The van der Waals surface area contributed by atoms with Gasteiger partial charge in [0, 0.05) is 17.4 Å². The molecule has 1 heterocycles. The number of hydrogen-bond donors (Lipinski definition) is 0. The Labute approximate surface area is 145 Å². The third kappa shape index (κ3) is 3.58. The van der Waals surface area contributed by atoms with Crippen molar-refractivity contribution in [3.8, 4) is 5.75 Å². The van der Waals surface area contributed by atoms with Crippen LogP contribution in [0.2, 0.25) is 0 Å². The van der Waals surface area contributed by atoms with Crippen molar-refractivity contribution in [2.45, 2.75) is 25.4 Å². The van der Waals surface area contributed by atoms with E-state index in [1.807, 2.05) is 59.5 Å². The Morgan fingerprint density at radius 1 is 0.957 bits per heavy atom. The largest absolute Gasteiger partial charge is 0.474 e. The number of amides is 1. The summed E-state index contributed by atoms with van der Waals surface area (Å²) in [6.45, 7) is 0.732. The van der Waals surface area contributed by atoms with E-state index in [0.717, 1.165) is 48.1 Å². The highest BCUT2D eigenvalue weighted by atomic mass is 79.9. The van der Waals surface area contributed by atoms with Crippen LogP contribution in [0.15, 0.2) is 54.6 Å². The molecule has 0 N–H and O–H groups in total. The fraction of sp³-hybridized carbons (Fsp3) is 0.316. The number of carbonyl (C=O) groups is 1. The number of carbonyl (C=O) groups excluding carboxylic acids is 1. The zero-order valence-corrected chi connectivity index (χ0v) is 14.5. The quantitative estimate of drug-likeness (QED) is 0.541. The third-order valence-electron chi connectivity index (χ3n) is 4.01. The Hall–Kier alpha value is -1.81. The minimum atomic E-state index is -0.553. The van der Waals surface area contributed by atoms with Crippen molar-refractivity contribution in [2.75, 3.05) is 16.8 Å². The van der Waals surface area contributed by atoms with Crippen LogP contribution in [0, 0.1) is 0 Å². The second-order valence-corrected chi connectivity index (χ2v) is 6.41. The van der Waals surface area contributed by atoms with Gasteiger partial charge in [0.05, 0.1) is 5.69 Å². The lowest BCUT2D eigenvalue weighted by Crippen LogP contribution is -2.41. The summed E-state index contributed by atoms with van der Waals surface area (Å²) in [6, 6.07) is 17.5. The number of halogens is 1. The Balaban J connectivity index is 1.85. The minimum absolute atomic E-state index is 0.0220. The van der Waals surface area contributed by atoms with E-state index in [4.69, 9.17) is 4.74 Å². The summed E-state index contributed by atoms with van der Waals surface area (Å²) >= 11 is 3.45. The number of anilines is 1. The summed E-state index contributed by atoms with van der Waals surface area (Å²) in [7, 11) is 0. The Kier molecular flexibility index (Phi) is 5.34. The molecule has 0 fully saturated rings. The predicted molar refractivity (Wildman–Crippen MR) is 96.3 cm³/mol. The van der Waals surface area contributed by atoms with Crippen LogP contribution in [-0.2, 0) is 4.79 Å². The van der Waals surface area contributed by atoms with Crippen LogP contribution < -0.4 is 9.64 Å². The van der Waals surface area contributed by atoms with Gasteiger partial charge in [-0.1, -0.05) is 64.8 Å². The van der Waals surface area contributed by atoms with Crippen LogP contribution in [0.5, 0.6) is 5.75 Å². The highest BCUT2D eigenvalue weighted by Crippen LogP contribution is 2.38. The molecule has 120 valence electrons. The maximum absolute atomic E-state index is 12.9. The SMILES string of the molecule is O=C1C(c2ccccc2)Oc2ccccc2N1CCCCCBr. The average molecular weight is 374 g/mol. The number of ether oxygens (including phenoxy) is 1. The molecule has 1 atom stereocenters. The first-order chi connectivity index (χ1) is 11.3. The van der Waals surface area contributed by atoms with Crippen molar-refractivity contribution < 1.29 is 9.53 Å². The van der Waals surface area contributed by atoms with Gasteiger partial charge in [-0.05, 0) is 25.0 Å². The van der Waals surface area contributed by atoms with Crippen LogP contribution in [0.3, 0.4) is 0 Å². The molecular formula is C19H20BrNO2. The minimum Gasteiger partial charge on any atom is -0.474 e. The van der Waals surface area contributed by atoms with E-state index >= 15 is 0 Å². The number of fused-ring (bicyclic) bond motifs is 1. The molecule has 23 heavy (non-hydrogen) atoms. The van der Waals surface area contributed by atoms with Crippen molar-refractivity contribution in [1.29, 1.82) is 0 Å². The van der Waals surface area contributed by atoms with Crippen molar-refractivity contribution in [3.05, 3.63) is 60.2 Å². The van der Waals surface area contributed by atoms with Gasteiger partial charge in [-0.2, -0.15) is 0 Å². The van der Waals surface area contributed by atoms with Crippen LogP contribution in [0.4, 0.5) is 5.69 Å². The first-order valence-corrected chi connectivity index (χ1v) is 9.11. The summed E-state index contributed by atoms with van der Waals surface area (Å²) in [6.07, 6.45) is 2.67. The van der Waals surface area contributed by atoms with E-state index in [-0.39, 0.29) is 5.91 Å². The number of benzene rings is 2. The lowest BCUT2D eigenvalue weighted by Gasteiger charge is -2.34. The van der Waals surface area contributed by atoms with Gasteiger partial charge in [0.2, 0.25) is 6.10 Å². The lowest BCUT2D eigenvalue weighted by molar-refractivity contribution is -0.126. The van der Waals surface area contributed by atoms with Gasteiger partial charge >= 0.3 is 0 Å². The third-order valence-corrected chi connectivity index (χ3v) is 4.57. The predicted octanol–water partition coefficient (Wildman–Crippen LogP) is 4.72. The van der Waals surface area contributed by atoms with Crippen molar-refractivity contribution >= 4 is 27.5 Å². The topological polar surface area (TPSA) is 29.5 Å². The smallest absolute Gasteiger partial charge is 0.272 e. The molecule has 1 aliphatic rings. The molecule has 0 bridgehead atoms. The molecule has 3 nitrogen and oxygen atoms in total. The first kappa shape index (κ1) is 16.1. The maximum atomic E-state index is 12.9. The van der Waals surface area contributed by atoms with Crippen LogP contribution in [0.1, 0.15) is 30.9 Å². The molecular weight excluding hydrogens is 354 g/mol. The second kappa shape index (κ2) is 7.64. The summed E-state index contributed by atoms with van der Waals surface area (Å²) in [5.41, 5.74) is 1.78. The molecule has 3 rings (SSSR count). The Morgan fingerprint density at radius 3 is 2.48 bits per heavy atom. The average Bonchev–Trinajstić information content (AvgIpc) is 2.60. The summed E-state index contributed by atoms with van der Waals surface area (Å²) in [5, 5.41) is 1.01. The zero-order valence-electron chi connectivity index (χ0n) is 13.0. The molecule has 1 amide bonds. The highest BCUT2D eigenvalue weighted by Gasteiger charge is 2.34. The molecule has 0 radical (unpaired) electrons. The van der Waals surface area contributed by atoms with Gasteiger partial charge in [0.15, 0.2) is 0 Å². The molecule has 0 spiro atoms. The van der Waals surface area contributed by atoms with E-state index in [1.54, 1.807) is 0 Å². The number of para-hydroxylation sites is 2. The Bertz CT molecular complexity index is 659. The van der Waals surface area contributed by atoms with Crippen molar-refractivity contribution in [3.63, 3.8) is 0 Å². The van der Waals surface area contributed by atoms with Gasteiger partial charge in [-0.15, -0.1) is 0 Å². The molecule has 1 unspecified atom stereocenters. The zero-order chi connectivity index (χ0) is 16.1. The number of nitrogens with zero attached hydrogens (tertiary/aromatic N) is 1. The standard InChI is InChI=1S/C19H20BrNO2/c20-13-7-2-8-14-21-16-11-5-6-12-17(16)23-18(19(21)22)15-9-3-1-4-10-15/h1,3-6,9-12,18H,2,7-8,13-14H2. The van der Waals surface area contributed by atoms with E-state index in [2.05, 4.69) is 15.9 Å². The lowest BCUT2D eigenvalue weighted by atomic mass is 10.0. The van der Waals surface area contributed by atoms with Crippen molar-refractivity contribution in [2.24, 2.45) is 0 Å². The van der Waals surface area contributed by atoms with Gasteiger partial charge in [0.1, 0.15) is 5.75 Å². The Morgan fingerprint density at radius 2 is 1.70 bits per heavy atom. The molecule has 4 heteroatoms. The van der Waals surface area contributed by atoms with Crippen LogP contribution in [0.25, 0.3) is 0 Å². The molecule has 0 aliphatic carbocycles. The van der Waals surface area contributed by atoms with Gasteiger partial charge in [0.25, 0.3) is 5.91 Å². The van der Waals surface area contributed by atoms with E-state index in [1.165, 1.54) is 0 Å². The molecule has 2 aromatic rings. The summed E-state index contributed by atoms with van der Waals surface area (Å²) in [4.78, 5) is 14.8. The second-order valence-electron chi connectivity index (χ2n) is 5.62. The molecule has 2 aromatic carbocycles. The monoisotopic (exact) mass is 373 g/mol. The molecule has 0 aromatic heterocycles. The number of unbranched alkanes of at least 4 members (excludes halogenated alkanes) is 2. The normalized spacial score (nSPS) is 16.8. The van der Waals surface area contributed by atoms with E-state index in [9.17, 15) is 4.79 Å². The highest BCUT2D eigenvalue weighted by molar-refractivity contribution is 9.09. The fourth-order valence-electron chi connectivity index (χ4n) is 2.83. The van der Waals surface area contributed by atoms with Gasteiger partial charge < -0.3 is 9.64 Å². The molecule has 0 saturated carbocycles.